The molecule has 36 heavy (non-hydrogen) atoms. The van der Waals surface area contributed by atoms with Crippen LogP contribution in [0.5, 0.6) is 0 Å². The lowest BCUT2D eigenvalue weighted by molar-refractivity contribution is -0.160. The van der Waals surface area contributed by atoms with Crippen molar-refractivity contribution in [2.75, 3.05) is 0 Å². The van der Waals surface area contributed by atoms with E-state index in [1.807, 2.05) is 71.9 Å². The molecular formula is C30H32FNO3S. The van der Waals surface area contributed by atoms with Gasteiger partial charge in [0.1, 0.15) is 10.8 Å². The fourth-order valence-electron chi connectivity index (χ4n) is 4.98. The summed E-state index contributed by atoms with van der Waals surface area (Å²) in [6, 6.07) is 14.5. The molecule has 0 unspecified atom stereocenters. The maximum atomic E-state index is 13.9. The van der Waals surface area contributed by atoms with E-state index in [-0.39, 0.29) is 5.82 Å². The number of ether oxygens (including phenoxy) is 1. The van der Waals surface area contributed by atoms with Gasteiger partial charge in [0.2, 0.25) is 0 Å². The summed E-state index contributed by atoms with van der Waals surface area (Å²) in [5.41, 5.74) is 7.75. The quantitative estimate of drug-likeness (QED) is 0.377. The zero-order valence-electron chi connectivity index (χ0n) is 21.6. The van der Waals surface area contributed by atoms with Crippen molar-refractivity contribution in [3.05, 3.63) is 93.3 Å². The molecule has 4 rings (SSSR count). The monoisotopic (exact) mass is 505 g/mol. The van der Waals surface area contributed by atoms with E-state index in [9.17, 15) is 14.3 Å². The number of thiocarbonyl (C=S) groups is 1. The van der Waals surface area contributed by atoms with E-state index in [0.717, 1.165) is 38.9 Å². The molecule has 1 N–H and O–H groups in total. The van der Waals surface area contributed by atoms with E-state index in [1.165, 1.54) is 12.1 Å². The molecule has 1 atom stereocenters. The molecule has 0 saturated heterocycles. The molecule has 0 bridgehead atoms. The zero-order valence-corrected chi connectivity index (χ0v) is 22.4. The van der Waals surface area contributed by atoms with E-state index in [4.69, 9.17) is 17.0 Å². The molecule has 0 spiro atoms. The van der Waals surface area contributed by atoms with Crippen LogP contribution in [0.15, 0.2) is 48.5 Å². The van der Waals surface area contributed by atoms with E-state index in [2.05, 4.69) is 4.90 Å². The Morgan fingerprint density at radius 2 is 1.64 bits per heavy atom. The van der Waals surface area contributed by atoms with Crippen LogP contribution in [0, 0.1) is 26.6 Å². The lowest BCUT2D eigenvalue weighted by Crippen LogP contribution is -2.28. The maximum Gasteiger partial charge on any atom is 0.337 e. The summed E-state index contributed by atoms with van der Waals surface area (Å²) >= 11 is 5.75. The molecule has 3 aromatic carbocycles. The SMILES string of the molecule is Cc1ccc(-c2c(C)c3c(c(C)c2[C@H](OC(C)(C)C)C(=O)O)CN(C(=S)c2cccc(F)c2)C3)cc1. The number of halogens is 1. The van der Waals surface area contributed by atoms with Crippen molar-refractivity contribution in [3.8, 4) is 11.1 Å². The van der Waals surface area contributed by atoms with Gasteiger partial charge in [-0.2, -0.15) is 0 Å². The molecule has 0 radical (unpaired) electrons. The average molecular weight is 506 g/mol. The molecule has 0 amide bonds. The predicted octanol–water partition coefficient (Wildman–Crippen LogP) is 7.05. The smallest absolute Gasteiger partial charge is 0.337 e. The molecule has 1 heterocycles. The number of nitrogens with zero attached hydrogens (tertiary/aromatic N) is 1. The summed E-state index contributed by atoms with van der Waals surface area (Å²) in [5.74, 6) is -1.35. The van der Waals surface area contributed by atoms with E-state index >= 15 is 0 Å². The molecule has 6 heteroatoms. The van der Waals surface area contributed by atoms with E-state index < -0.39 is 17.7 Å². The third kappa shape index (κ3) is 5.06. The predicted molar refractivity (Wildman–Crippen MR) is 145 cm³/mol. The molecule has 0 saturated carbocycles. The van der Waals surface area contributed by atoms with Crippen LogP contribution in [-0.4, -0.2) is 26.6 Å². The van der Waals surface area contributed by atoms with Crippen LogP contribution < -0.4 is 0 Å². The van der Waals surface area contributed by atoms with Crippen molar-refractivity contribution in [3.63, 3.8) is 0 Å². The van der Waals surface area contributed by atoms with Gasteiger partial charge in [-0.15, -0.1) is 0 Å². The zero-order chi connectivity index (χ0) is 26.4. The molecule has 188 valence electrons. The van der Waals surface area contributed by atoms with Gasteiger partial charge in [-0.1, -0.05) is 54.2 Å². The molecule has 0 fully saturated rings. The lowest BCUT2D eigenvalue weighted by Gasteiger charge is -2.29. The molecule has 1 aliphatic rings. The highest BCUT2D eigenvalue weighted by Gasteiger charge is 2.36. The Bertz CT molecular complexity index is 1340. The minimum atomic E-state index is -1.13. The number of fused-ring (bicyclic) bond motifs is 1. The van der Waals surface area contributed by atoms with Gasteiger partial charge >= 0.3 is 5.97 Å². The summed E-state index contributed by atoms with van der Waals surface area (Å²) in [7, 11) is 0. The van der Waals surface area contributed by atoms with Gasteiger partial charge in [-0.25, -0.2) is 9.18 Å². The number of rotatable bonds is 5. The van der Waals surface area contributed by atoms with Gasteiger partial charge in [0, 0.05) is 24.2 Å². The number of aliphatic carboxylic acids is 1. The Hall–Kier alpha value is -3.09. The van der Waals surface area contributed by atoms with Crippen molar-refractivity contribution in [1.29, 1.82) is 0 Å². The summed E-state index contributed by atoms with van der Waals surface area (Å²) < 4.78 is 20.0. The second-order valence-corrected chi connectivity index (χ2v) is 10.9. The van der Waals surface area contributed by atoms with Gasteiger partial charge in [-0.3, -0.25) is 0 Å². The van der Waals surface area contributed by atoms with Crippen molar-refractivity contribution in [1.82, 2.24) is 4.90 Å². The topological polar surface area (TPSA) is 49.8 Å². The van der Waals surface area contributed by atoms with E-state index in [0.29, 0.717) is 29.2 Å². The third-order valence-corrected chi connectivity index (χ3v) is 7.17. The first kappa shape index (κ1) is 26.0. The summed E-state index contributed by atoms with van der Waals surface area (Å²) in [6.45, 7) is 12.7. The first-order chi connectivity index (χ1) is 16.9. The van der Waals surface area contributed by atoms with Crippen molar-refractivity contribution >= 4 is 23.2 Å². The molecule has 1 aliphatic heterocycles. The highest BCUT2D eigenvalue weighted by atomic mass is 32.1. The molecular weight excluding hydrogens is 473 g/mol. The van der Waals surface area contributed by atoms with Gasteiger partial charge in [-0.05, 0) is 87.1 Å². The highest BCUT2D eigenvalue weighted by molar-refractivity contribution is 7.80. The van der Waals surface area contributed by atoms with E-state index in [1.54, 1.807) is 6.07 Å². The summed E-state index contributed by atoms with van der Waals surface area (Å²) in [4.78, 5) is 15.2. The number of aryl methyl sites for hydroxylation is 1. The minimum Gasteiger partial charge on any atom is -0.479 e. The maximum absolute atomic E-state index is 13.9. The van der Waals surface area contributed by atoms with Crippen LogP contribution in [0.3, 0.4) is 0 Å². The van der Waals surface area contributed by atoms with Gasteiger partial charge in [0.25, 0.3) is 0 Å². The number of carboxylic acid groups (broad SMARTS) is 1. The van der Waals surface area contributed by atoms with Crippen molar-refractivity contribution in [2.24, 2.45) is 0 Å². The van der Waals surface area contributed by atoms with Gasteiger partial charge in [0.05, 0.1) is 5.60 Å². The minimum absolute atomic E-state index is 0.327. The number of hydrogen-bond donors (Lipinski definition) is 1. The van der Waals surface area contributed by atoms with Gasteiger partial charge < -0.3 is 14.7 Å². The van der Waals surface area contributed by atoms with Crippen molar-refractivity contribution in [2.45, 2.75) is 66.3 Å². The van der Waals surface area contributed by atoms with Crippen LogP contribution in [0.2, 0.25) is 0 Å². The summed E-state index contributed by atoms with van der Waals surface area (Å²) in [6.07, 6.45) is -1.13. The highest BCUT2D eigenvalue weighted by Crippen LogP contribution is 2.44. The molecule has 0 aromatic heterocycles. The second-order valence-electron chi connectivity index (χ2n) is 10.5. The van der Waals surface area contributed by atoms with Gasteiger partial charge in [0.15, 0.2) is 6.10 Å². The fourth-order valence-corrected chi connectivity index (χ4v) is 5.23. The standard InChI is InChI=1S/C30H32FNO3S/c1-17-10-12-20(13-11-17)25-18(2)23-15-32(28(36)21-8-7-9-22(31)14-21)16-24(23)19(3)26(25)27(29(33)34)35-30(4,5)6/h7-14,27H,15-16H2,1-6H3,(H,33,34)/t27-/m0/s1. The average Bonchev–Trinajstić information content (AvgIpc) is 3.26. The van der Waals surface area contributed by atoms with Crippen LogP contribution in [0.1, 0.15) is 65.8 Å². The Labute approximate surface area is 217 Å². The summed E-state index contributed by atoms with van der Waals surface area (Å²) in [5, 5.41) is 10.3. The third-order valence-electron chi connectivity index (χ3n) is 6.67. The first-order valence-electron chi connectivity index (χ1n) is 12.0. The van der Waals surface area contributed by atoms with Crippen LogP contribution in [0.4, 0.5) is 4.39 Å². The van der Waals surface area contributed by atoms with Crippen LogP contribution in [-0.2, 0) is 22.6 Å². The Kier molecular flexibility index (Phi) is 7.04. The Morgan fingerprint density at radius 3 is 2.19 bits per heavy atom. The number of carbonyl (C=O) groups is 1. The largest absolute Gasteiger partial charge is 0.479 e. The first-order valence-corrected chi connectivity index (χ1v) is 12.5. The lowest BCUT2D eigenvalue weighted by atomic mass is 9.83. The van der Waals surface area contributed by atoms with Crippen LogP contribution in [0.25, 0.3) is 11.1 Å². The number of carboxylic acids is 1. The Morgan fingerprint density at radius 1 is 1.03 bits per heavy atom. The molecule has 0 aliphatic carbocycles. The second kappa shape index (κ2) is 9.75. The Balaban J connectivity index is 1.89. The number of hydrogen-bond acceptors (Lipinski definition) is 3. The fraction of sp³-hybridized carbons (Fsp3) is 0.333. The number of benzene rings is 3. The molecule has 4 nitrogen and oxygen atoms in total. The molecule has 3 aromatic rings. The van der Waals surface area contributed by atoms with Crippen molar-refractivity contribution < 1.29 is 19.0 Å². The van der Waals surface area contributed by atoms with Crippen LogP contribution >= 0.6 is 12.2 Å². The normalized spacial score (nSPS) is 14.0.